The first-order chi connectivity index (χ1) is 9.90. The predicted octanol–water partition coefficient (Wildman–Crippen LogP) is 3.83. The average molecular weight is 309 g/mol. The van der Waals surface area contributed by atoms with E-state index in [2.05, 4.69) is 5.32 Å². The van der Waals surface area contributed by atoms with Crippen LogP contribution in [0.3, 0.4) is 0 Å². The molecule has 2 aromatic rings. The molecule has 0 aliphatic carbocycles. The van der Waals surface area contributed by atoms with Gasteiger partial charge in [-0.2, -0.15) is 0 Å². The Kier molecular flexibility index (Phi) is 4.18. The molecule has 7 heteroatoms. The maximum Gasteiger partial charge on any atom is 0.293 e. The third-order valence-electron chi connectivity index (χ3n) is 3.02. The number of aromatic hydroxyl groups is 2. The number of anilines is 1. The van der Waals surface area contributed by atoms with Crippen LogP contribution in [-0.2, 0) is 0 Å². The maximum absolute atomic E-state index is 11.0. The molecular formula is C14H13ClN2O4. The summed E-state index contributed by atoms with van der Waals surface area (Å²) in [5.74, 6) is -0.182. The highest BCUT2D eigenvalue weighted by Crippen LogP contribution is 2.36. The van der Waals surface area contributed by atoms with Crippen LogP contribution in [0, 0.1) is 10.1 Å². The van der Waals surface area contributed by atoms with Crippen LogP contribution >= 0.6 is 11.6 Å². The fourth-order valence-corrected chi connectivity index (χ4v) is 2.23. The van der Waals surface area contributed by atoms with Crippen molar-refractivity contribution < 1.29 is 15.1 Å². The summed E-state index contributed by atoms with van der Waals surface area (Å²) in [5, 5.41) is 33.8. The summed E-state index contributed by atoms with van der Waals surface area (Å²) in [6.07, 6.45) is 0. The summed E-state index contributed by atoms with van der Waals surface area (Å²) in [7, 11) is 0. The third-order valence-corrected chi connectivity index (χ3v) is 3.26. The van der Waals surface area contributed by atoms with E-state index in [0.717, 1.165) is 0 Å². The zero-order valence-corrected chi connectivity index (χ0v) is 11.8. The van der Waals surface area contributed by atoms with Crippen LogP contribution in [0.5, 0.6) is 11.5 Å². The lowest BCUT2D eigenvalue weighted by Crippen LogP contribution is -2.09. The summed E-state index contributed by atoms with van der Waals surface area (Å²) < 4.78 is 0. The molecule has 1 atom stereocenters. The average Bonchev–Trinajstić information content (AvgIpc) is 2.40. The molecule has 0 bridgehead atoms. The fraction of sp³-hybridized carbons (Fsp3) is 0.143. The Labute approximate surface area is 125 Å². The van der Waals surface area contributed by atoms with Crippen LogP contribution < -0.4 is 5.32 Å². The van der Waals surface area contributed by atoms with Crippen molar-refractivity contribution in [2.45, 2.75) is 13.0 Å². The highest BCUT2D eigenvalue weighted by molar-refractivity contribution is 6.30. The molecule has 1 unspecified atom stereocenters. The van der Waals surface area contributed by atoms with E-state index < -0.39 is 11.0 Å². The van der Waals surface area contributed by atoms with Crippen molar-refractivity contribution >= 4 is 23.0 Å². The first-order valence-corrected chi connectivity index (χ1v) is 6.49. The number of hydrogen-bond donors (Lipinski definition) is 3. The van der Waals surface area contributed by atoms with E-state index in [1.54, 1.807) is 6.92 Å². The number of nitrogens with zero attached hydrogens (tertiary/aromatic N) is 1. The van der Waals surface area contributed by atoms with Gasteiger partial charge in [0.1, 0.15) is 17.2 Å². The van der Waals surface area contributed by atoms with E-state index in [4.69, 9.17) is 11.6 Å². The Morgan fingerprint density at radius 1 is 1.24 bits per heavy atom. The van der Waals surface area contributed by atoms with E-state index in [1.165, 1.54) is 36.4 Å². The van der Waals surface area contributed by atoms with Crippen LogP contribution in [0.25, 0.3) is 0 Å². The van der Waals surface area contributed by atoms with Gasteiger partial charge < -0.3 is 15.5 Å². The second kappa shape index (κ2) is 5.88. The van der Waals surface area contributed by atoms with Gasteiger partial charge in [-0.15, -0.1) is 0 Å². The molecule has 110 valence electrons. The van der Waals surface area contributed by atoms with Gasteiger partial charge in [-0.1, -0.05) is 17.7 Å². The van der Waals surface area contributed by atoms with Crippen LogP contribution in [0.1, 0.15) is 18.5 Å². The molecule has 2 aromatic carbocycles. The largest absolute Gasteiger partial charge is 0.507 e. The first-order valence-electron chi connectivity index (χ1n) is 6.11. The lowest BCUT2D eigenvalue weighted by molar-refractivity contribution is -0.384. The molecule has 0 spiro atoms. The van der Waals surface area contributed by atoms with Gasteiger partial charge in [0.2, 0.25) is 0 Å². The first kappa shape index (κ1) is 14.9. The molecule has 0 saturated carbocycles. The Morgan fingerprint density at radius 2 is 1.86 bits per heavy atom. The lowest BCUT2D eigenvalue weighted by atomic mass is 10.1. The second-order valence-corrected chi connectivity index (χ2v) is 4.93. The van der Waals surface area contributed by atoms with Crippen molar-refractivity contribution in [3.63, 3.8) is 0 Å². The number of phenols is 2. The molecule has 6 nitrogen and oxygen atoms in total. The number of benzene rings is 2. The van der Waals surface area contributed by atoms with Crippen molar-refractivity contribution in [2.24, 2.45) is 0 Å². The highest BCUT2D eigenvalue weighted by atomic mass is 35.5. The molecule has 0 fully saturated rings. The number of phenolic OH excluding ortho intramolecular Hbond substituents is 2. The van der Waals surface area contributed by atoms with Crippen LogP contribution in [0.2, 0.25) is 5.02 Å². The number of rotatable bonds is 4. The minimum absolute atomic E-state index is 0.0911. The van der Waals surface area contributed by atoms with Crippen LogP contribution in [-0.4, -0.2) is 15.1 Å². The van der Waals surface area contributed by atoms with Gasteiger partial charge in [0, 0.05) is 11.1 Å². The van der Waals surface area contributed by atoms with Gasteiger partial charge in [0.05, 0.1) is 16.5 Å². The summed E-state index contributed by atoms with van der Waals surface area (Å²) in [6, 6.07) is 8.08. The molecule has 0 aliphatic rings. The Bertz CT molecular complexity index is 670. The number of halogens is 1. The number of nitro groups is 1. The van der Waals surface area contributed by atoms with E-state index in [-0.39, 0.29) is 33.5 Å². The molecule has 2 rings (SSSR count). The molecule has 0 aromatic heterocycles. The van der Waals surface area contributed by atoms with Gasteiger partial charge in [0.25, 0.3) is 5.69 Å². The van der Waals surface area contributed by atoms with Gasteiger partial charge in [0.15, 0.2) is 0 Å². The molecule has 0 aliphatic heterocycles. The Hall–Kier alpha value is -2.47. The van der Waals surface area contributed by atoms with Crippen molar-refractivity contribution in [3.05, 3.63) is 57.1 Å². The Balaban J connectivity index is 2.36. The maximum atomic E-state index is 11.0. The monoisotopic (exact) mass is 308 g/mol. The van der Waals surface area contributed by atoms with Crippen LogP contribution in [0.4, 0.5) is 11.4 Å². The van der Waals surface area contributed by atoms with Gasteiger partial charge >= 0.3 is 0 Å². The summed E-state index contributed by atoms with van der Waals surface area (Å²) in [5.41, 5.74) is 0.338. The highest BCUT2D eigenvalue weighted by Gasteiger charge is 2.20. The predicted molar refractivity (Wildman–Crippen MR) is 79.9 cm³/mol. The molecule has 21 heavy (non-hydrogen) atoms. The summed E-state index contributed by atoms with van der Waals surface area (Å²) >= 11 is 5.75. The molecule has 0 heterocycles. The van der Waals surface area contributed by atoms with Crippen molar-refractivity contribution in [1.82, 2.24) is 0 Å². The van der Waals surface area contributed by atoms with Crippen LogP contribution in [0.15, 0.2) is 36.4 Å². The Morgan fingerprint density at radius 3 is 2.43 bits per heavy atom. The smallest absolute Gasteiger partial charge is 0.293 e. The third kappa shape index (κ3) is 3.17. The normalized spacial score (nSPS) is 11.9. The SMILES string of the molecule is CC(Nc1ccc(Cl)cc1[N+](=O)[O-])c1c(O)cccc1O. The number of nitro benzene ring substituents is 1. The van der Waals surface area contributed by atoms with E-state index in [9.17, 15) is 20.3 Å². The number of hydrogen-bond acceptors (Lipinski definition) is 5. The minimum Gasteiger partial charge on any atom is -0.507 e. The molecule has 3 N–H and O–H groups in total. The molecule has 0 saturated heterocycles. The lowest BCUT2D eigenvalue weighted by Gasteiger charge is -2.18. The van der Waals surface area contributed by atoms with Crippen molar-refractivity contribution in [3.8, 4) is 11.5 Å². The summed E-state index contributed by atoms with van der Waals surface area (Å²) in [6.45, 7) is 1.67. The van der Waals surface area contributed by atoms with E-state index in [1.807, 2.05) is 0 Å². The number of nitrogens with one attached hydrogen (secondary N) is 1. The van der Waals surface area contributed by atoms with Crippen molar-refractivity contribution in [1.29, 1.82) is 0 Å². The zero-order chi connectivity index (χ0) is 15.6. The summed E-state index contributed by atoms with van der Waals surface area (Å²) in [4.78, 5) is 10.5. The minimum atomic E-state index is -0.550. The van der Waals surface area contributed by atoms with Crippen molar-refractivity contribution in [2.75, 3.05) is 5.32 Å². The van der Waals surface area contributed by atoms with Gasteiger partial charge in [-0.05, 0) is 31.2 Å². The fourth-order valence-electron chi connectivity index (χ4n) is 2.07. The molecule has 0 amide bonds. The zero-order valence-electron chi connectivity index (χ0n) is 11.1. The molecular weight excluding hydrogens is 296 g/mol. The van der Waals surface area contributed by atoms with Gasteiger partial charge in [-0.3, -0.25) is 10.1 Å². The van der Waals surface area contributed by atoms with E-state index in [0.29, 0.717) is 0 Å². The topological polar surface area (TPSA) is 95.6 Å². The molecule has 0 radical (unpaired) electrons. The second-order valence-electron chi connectivity index (χ2n) is 4.49. The standard InChI is InChI=1S/C14H13ClN2O4/c1-8(14-12(18)3-2-4-13(14)19)16-10-6-5-9(15)7-11(10)17(20)21/h2-8,16,18-19H,1H3. The quantitative estimate of drug-likeness (QED) is 0.589. The van der Waals surface area contributed by atoms with E-state index >= 15 is 0 Å². The van der Waals surface area contributed by atoms with Gasteiger partial charge in [-0.25, -0.2) is 0 Å².